The Kier molecular flexibility index (Phi) is 8.22. The predicted octanol–water partition coefficient (Wildman–Crippen LogP) is 3.40. The van der Waals surface area contributed by atoms with Crippen molar-refractivity contribution in [3.05, 3.63) is 78.4 Å². The molecule has 13 nitrogen and oxygen atoms in total. The van der Waals surface area contributed by atoms with E-state index in [9.17, 15) is 16.8 Å². The van der Waals surface area contributed by atoms with Crippen molar-refractivity contribution in [2.24, 2.45) is 5.14 Å². The maximum atomic E-state index is 13.7. The monoisotopic (exact) mass is 652 g/mol. The molecule has 0 saturated carbocycles. The van der Waals surface area contributed by atoms with Crippen molar-refractivity contribution < 1.29 is 30.7 Å². The molecule has 0 aliphatic carbocycles. The zero-order valence-corrected chi connectivity index (χ0v) is 26.5. The topological polar surface area (TPSA) is 173 Å². The molecule has 0 radical (unpaired) electrons. The average molecular weight is 653 g/mol. The van der Waals surface area contributed by atoms with Crippen molar-refractivity contribution in [1.29, 1.82) is 0 Å². The van der Waals surface area contributed by atoms with Gasteiger partial charge in [0.1, 0.15) is 5.76 Å². The Hall–Kier alpha value is -4.15. The molecule has 45 heavy (non-hydrogen) atoms. The summed E-state index contributed by atoms with van der Waals surface area (Å²) >= 11 is 0. The summed E-state index contributed by atoms with van der Waals surface area (Å²) in [5, 5.41) is 10.1. The van der Waals surface area contributed by atoms with Gasteiger partial charge in [-0.05, 0) is 49.7 Å². The number of ether oxygens (including phenoxy) is 2. The van der Waals surface area contributed by atoms with Gasteiger partial charge in [-0.1, -0.05) is 18.2 Å². The summed E-state index contributed by atoms with van der Waals surface area (Å²) in [6.07, 6.45) is 4.79. The lowest BCUT2D eigenvalue weighted by Crippen LogP contribution is -2.44. The van der Waals surface area contributed by atoms with Crippen LogP contribution in [0.3, 0.4) is 0 Å². The first kappa shape index (κ1) is 30.9. The maximum Gasteiger partial charge on any atom is 0.283 e. The molecule has 3 aromatic heterocycles. The van der Waals surface area contributed by atoms with E-state index >= 15 is 0 Å². The highest BCUT2D eigenvalue weighted by molar-refractivity contribution is 7.90. The third kappa shape index (κ3) is 6.48. The number of morpholine rings is 1. The van der Waals surface area contributed by atoms with E-state index < -0.39 is 25.8 Å². The molecule has 0 spiro atoms. The number of oxazole rings is 1. The summed E-state index contributed by atoms with van der Waals surface area (Å²) in [4.78, 5) is 11.1. The molecule has 2 aromatic carbocycles. The Morgan fingerprint density at radius 2 is 1.69 bits per heavy atom. The lowest BCUT2D eigenvalue weighted by molar-refractivity contribution is -0.0718. The van der Waals surface area contributed by atoms with Crippen molar-refractivity contribution in [2.45, 2.75) is 43.2 Å². The van der Waals surface area contributed by atoms with E-state index in [2.05, 4.69) is 20.0 Å². The van der Waals surface area contributed by atoms with Crippen LogP contribution in [0.5, 0.6) is 5.88 Å². The van der Waals surface area contributed by atoms with Gasteiger partial charge >= 0.3 is 0 Å². The summed E-state index contributed by atoms with van der Waals surface area (Å²) in [5.74, 6) is 0.508. The van der Waals surface area contributed by atoms with E-state index in [1.54, 1.807) is 42.6 Å². The molecule has 1 saturated heterocycles. The summed E-state index contributed by atoms with van der Waals surface area (Å²) < 4.78 is 69.6. The Morgan fingerprint density at radius 1 is 0.956 bits per heavy atom. The highest BCUT2D eigenvalue weighted by Crippen LogP contribution is 2.36. The van der Waals surface area contributed by atoms with Crippen molar-refractivity contribution in [1.82, 2.24) is 24.1 Å². The van der Waals surface area contributed by atoms with Crippen LogP contribution in [0.15, 0.2) is 76.4 Å². The number of rotatable bonds is 9. The number of methoxy groups -OCH3 is 1. The maximum absolute atomic E-state index is 13.7. The lowest BCUT2D eigenvalue weighted by Gasteiger charge is -2.34. The molecule has 0 amide bonds. The van der Waals surface area contributed by atoms with E-state index in [-0.39, 0.29) is 40.0 Å². The second-order valence-electron chi connectivity index (χ2n) is 11.0. The van der Waals surface area contributed by atoms with E-state index in [0.717, 1.165) is 17.2 Å². The van der Waals surface area contributed by atoms with Crippen molar-refractivity contribution >= 4 is 30.9 Å². The summed E-state index contributed by atoms with van der Waals surface area (Å²) in [5.41, 5.74) is 2.02. The molecule has 4 heterocycles. The van der Waals surface area contributed by atoms with Gasteiger partial charge in [-0.3, -0.25) is 4.90 Å². The van der Waals surface area contributed by atoms with Gasteiger partial charge in [0.05, 0.1) is 54.4 Å². The summed E-state index contributed by atoms with van der Waals surface area (Å²) in [6.45, 7) is 6.07. The zero-order valence-electron chi connectivity index (χ0n) is 24.8. The molecule has 1 aliphatic heterocycles. The van der Waals surface area contributed by atoms with Crippen LogP contribution >= 0.6 is 0 Å². The van der Waals surface area contributed by atoms with Gasteiger partial charge in [-0.15, -0.1) is 0 Å². The largest absolute Gasteiger partial charge is 0.481 e. The molecule has 0 unspecified atom stereocenters. The van der Waals surface area contributed by atoms with Gasteiger partial charge < -0.3 is 13.9 Å². The molecule has 5 aromatic rings. The van der Waals surface area contributed by atoms with Gasteiger partial charge in [0.15, 0.2) is 0 Å². The van der Waals surface area contributed by atoms with Gasteiger partial charge in [0.25, 0.3) is 10.0 Å². The first-order valence-electron chi connectivity index (χ1n) is 14.1. The number of nitrogens with two attached hydrogens (primary N) is 1. The van der Waals surface area contributed by atoms with Crippen LogP contribution in [0.25, 0.3) is 33.5 Å². The first-order chi connectivity index (χ1) is 21.4. The molecule has 0 bridgehead atoms. The number of primary sulfonamides is 1. The fourth-order valence-corrected chi connectivity index (χ4v) is 7.55. The third-order valence-corrected chi connectivity index (χ3v) is 9.72. The quantitative estimate of drug-likeness (QED) is 0.247. The van der Waals surface area contributed by atoms with E-state index in [1.807, 2.05) is 13.8 Å². The van der Waals surface area contributed by atoms with Crippen molar-refractivity contribution in [3.63, 3.8) is 0 Å². The molecule has 1 fully saturated rings. The number of hydrogen-bond acceptors (Lipinski definition) is 11. The zero-order chi connectivity index (χ0) is 31.9. The van der Waals surface area contributed by atoms with Crippen LogP contribution < -0.4 is 9.88 Å². The van der Waals surface area contributed by atoms with Crippen LogP contribution in [-0.4, -0.2) is 73.3 Å². The normalized spacial score (nSPS) is 18.0. The number of pyridine rings is 1. The van der Waals surface area contributed by atoms with Crippen LogP contribution in [0.1, 0.15) is 25.2 Å². The number of nitrogens with zero attached hydrogens (tertiary/aromatic N) is 5. The number of sulfonamides is 1. The van der Waals surface area contributed by atoms with Gasteiger partial charge in [0, 0.05) is 41.4 Å². The second-order valence-corrected chi connectivity index (χ2v) is 14.4. The van der Waals surface area contributed by atoms with Crippen molar-refractivity contribution in [3.8, 4) is 28.5 Å². The van der Waals surface area contributed by atoms with Crippen LogP contribution in [0.2, 0.25) is 0 Å². The summed E-state index contributed by atoms with van der Waals surface area (Å²) in [6, 6.07) is 13.0. The molecular formula is C30H32N6O7S2. The number of aromatic nitrogens is 4. The van der Waals surface area contributed by atoms with Gasteiger partial charge in [-0.2, -0.15) is 17.6 Å². The minimum atomic E-state index is -4.08. The van der Waals surface area contributed by atoms with Gasteiger partial charge in [-0.25, -0.2) is 23.5 Å². The van der Waals surface area contributed by atoms with E-state index in [1.165, 1.54) is 31.6 Å². The van der Waals surface area contributed by atoms with Crippen molar-refractivity contribution in [2.75, 3.05) is 20.2 Å². The highest BCUT2D eigenvalue weighted by Gasteiger charge is 2.26. The Labute approximate surface area is 260 Å². The number of fused-ring (bicyclic) bond motifs is 1. The molecule has 1 aliphatic rings. The molecule has 236 valence electrons. The van der Waals surface area contributed by atoms with Crippen LogP contribution in [-0.2, 0) is 37.1 Å². The molecular weight excluding hydrogens is 620 g/mol. The Balaban J connectivity index is 1.49. The molecule has 6 rings (SSSR count). The van der Waals surface area contributed by atoms with Gasteiger partial charge in [0.2, 0.25) is 21.8 Å². The molecule has 2 N–H and O–H groups in total. The van der Waals surface area contributed by atoms with E-state index in [0.29, 0.717) is 34.4 Å². The third-order valence-electron chi connectivity index (χ3n) is 7.39. The Morgan fingerprint density at radius 3 is 2.38 bits per heavy atom. The minimum Gasteiger partial charge on any atom is -0.481 e. The Bertz CT molecular complexity index is 2070. The standard InChI is InChI=1S/C30H32N6O7S2/c1-19-15-35(16-20(2)42-19)17-24-13-33-30(43-24)26-10-21(22-9-23(18-44(31,37)38)29(41-3)32-12-22)11-28-27(26)14-34-36(28)45(39,40)25-7-5-4-6-8-25/h4-14,19-20H,15-18H2,1-3H3,(H2,31,37,38)/t19-,20+. The van der Waals surface area contributed by atoms with Crippen LogP contribution in [0, 0.1) is 0 Å². The lowest BCUT2D eigenvalue weighted by atomic mass is 10.0. The van der Waals surface area contributed by atoms with E-state index in [4.69, 9.17) is 19.0 Å². The highest BCUT2D eigenvalue weighted by atomic mass is 32.2. The van der Waals surface area contributed by atoms with Crippen LogP contribution in [0.4, 0.5) is 0 Å². The fraction of sp³-hybridized carbons (Fsp3) is 0.300. The first-order valence-corrected chi connectivity index (χ1v) is 17.3. The predicted molar refractivity (Wildman–Crippen MR) is 166 cm³/mol. The number of benzene rings is 2. The SMILES string of the molecule is COc1ncc(-c2cc(-c3ncc(CN4C[C@@H](C)O[C@@H](C)C4)o3)c3cnn(S(=O)(=O)c4ccccc4)c3c2)cc1CS(N)(=O)=O. The molecule has 2 atom stereocenters. The minimum absolute atomic E-state index is 0.0656. The molecule has 15 heteroatoms. The number of hydrogen-bond donors (Lipinski definition) is 1. The smallest absolute Gasteiger partial charge is 0.283 e. The average Bonchev–Trinajstić information content (AvgIpc) is 3.63. The second kappa shape index (κ2) is 12.0. The summed E-state index contributed by atoms with van der Waals surface area (Å²) in [7, 11) is -6.61. The fourth-order valence-electron chi connectivity index (χ4n) is 5.63.